The summed E-state index contributed by atoms with van der Waals surface area (Å²) in [6.07, 6.45) is 2.25. The van der Waals surface area contributed by atoms with E-state index in [2.05, 4.69) is 5.16 Å². The van der Waals surface area contributed by atoms with Crippen LogP contribution in [0.4, 0.5) is 0 Å². The van der Waals surface area contributed by atoms with Crippen molar-refractivity contribution in [3.63, 3.8) is 0 Å². The van der Waals surface area contributed by atoms with Gasteiger partial charge in [-0.3, -0.25) is 4.79 Å². The van der Waals surface area contributed by atoms with Gasteiger partial charge in [0.05, 0.1) is 12.5 Å². The molecule has 1 aromatic carbocycles. The number of hydrogen-bond donors (Lipinski definition) is 0. The van der Waals surface area contributed by atoms with Gasteiger partial charge in [-0.1, -0.05) is 35.0 Å². The molecule has 4 nitrogen and oxygen atoms in total. The minimum absolute atomic E-state index is 0.0254. The van der Waals surface area contributed by atoms with Crippen molar-refractivity contribution in [1.29, 1.82) is 0 Å². The zero-order valence-corrected chi connectivity index (χ0v) is 12.6. The number of aromatic nitrogens is 1. The van der Waals surface area contributed by atoms with Crippen LogP contribution in [0.15, 0.2) is 34.9 Å². The Morgan fingerprint density at radius 2 is 2.29 bits per heavy atom. The number of hydrogen-bond acceptors (Lipinski definition) is 3. The smallest absolute Gasteiger partial charge is 0.227 e. The monoisotopic (exact) mass is 304 g/mol. The summed E-state index contributed by atoms with van der Waals surface area (Å²) in [6.45, 7) is 2.63. The summed E-state index contributed by atoms with van der Waals surface area (Å²) in [6, 6.07) is 9.41. The minimum Gasteiger partial charge on any atom is -0.361 e. The lowest BCUT2D eigenvalue weighted by Gasteiger charge is -2.23. The third kappa shape index (κ3) is 2.95. The summed E-state index contributed by atoms with van der Waals surface area (Å²) >= 11 is 6.13. The summed E-state index contributed by atoms with van der Waals surface area (Å²) in [4.78, 5) is 14.5. The Balaban J connectivity index is 1.76. The summed E-state index contributed by atoms with van der Waals surface area (Å²) in [7, 11) is 0. The summed E-state index contributed by atoms with van der Waals surface area (Å²) in [5.74, 6) is 0.863. The van der Waals surface area contributed by atoms with Crippen LogP contribution in [-0.4, -0.2) is 22.5 Å². The van der Waals surface area contributed by atoms with Crippen LogP contribution in [0.5, 0.6) is 0 Å². The molecule has 1 aromatic heterocycles. The van der Waals surface area contributed by atoms with E-state index >= 15 is 0 Å². The van der Waals surface area contributed by atoms with Crippen molar-refractivity contribution >= 4 is 17.5 Å². The van der Waals surface area contributed by atoms with Gasteiger partial charge in [-0.05, 0) is 31.4 Å². The van der Waals surface area contributed by atoms with Gasteiger partial charge in [0.1, 0.15) is 11.5 Å². The van der Waals surface area contributed by atoms with E-state index in [1.165, 1.54) is 0 Å². The van der Waals surface area contributed by atoms with Crippen LogP contribution >= 0.6 is 11.6 Å². The number of likely N-dealkylation sites (tertiary alicyclic amines) is 1. The van der Waals surface area contributed by atoms with Crippen LogP contribution < -0.4 is 0 Å². The van der Waals surface area contributed by atoms with E-state index in [4.69, 9.17) is 16.1 Å². The fourth-order valence-corrected chi connectivity index (χ4v) is 3.02. The largest absolute Gasteiger partial charge is 0.361 e. The molecule has 110 valence electrons. The van der Waals surface area contributed by atoms with E-state index < -0.39 is 0 Å². The van der Waals surface area contributed by atoms with Crippen LogP contribution in [0.3, 0.4) is 0 Å². The molecule has 1 saturated heterocycles. The Hall–Kier alpha value is -1.81. The molecule has 0 spiro atoms. The molecule has 1 aliphatic rings. The first kappa shape index (κ1) is 14.1. The molecule has 1 atom stereocenters. The van der Waals surface area contributed by atoms with Crippen LogP contribution in [-0.2, 0) is 11.2 Å². The summed E-state index contributed by atoms with van der Waals surface area (Å²) in [5, 5.41) is 4.70. The molecule has 2 aromatic rings. The number of carbonyl (C=O) groups excluding carboxylic acids is 1. The van der Waals surface area contributed by atoms with Crippen molar-refractivity contribution in [2.45, 2.75) is 32.2 Å². The second-order valence-electron chi connectivity index (χ2n) is 5.38. The maximum absolute atomic E-state index is 12.6. The SMILES string of the molecule is Cc1cc([C@@H]2CCCN2C(=O)Cc2ccccc2Cl)no1. The van der Waals surface area contributed by atoms with Gasteiger partial charge in [-0.15, -0.1) is 0 Å². The fraction of sp³-hybridized carbons (Fsp3) is 0.375. The molecule has 1 amide bonds. The Morgan fingerprint density at radius 1 is 1.48 bits per heavy atom. The molecule has 0 aliphatic carbocycles. The molecule has 2 heterocycles. The third-order valence-electron chi connectivity index (χ3n) is 3.86. The second kappa shape index (κ2) is 5.90. The highest BCUT2D eigenvalue weighted by atomic mass is 35.5. The second-order valence-corrected chi connectivity index (χ2v) is 5.78. The van der Waals surface area contributed by atoms with E-state index in [0.717, 1.165) is 36.4 Å². The number of benzene rings is 1. The van der Waals surface area contributed by atoms with Gasteiger partial charge in [0.15, 0.2) is 0 Å². The maximum Gasteiger partial charge on any atom is 0.227 e. The normalized spacial score (nSPS) is 18.2. The molecule has 0 N–H and O–H groups in total. The van der Waals surface area contributed by atoms with Crippen molar-refractivity contribution in [1.82, 2.24) is 10.1 Å². The van der Waals surface area contributed by atoms with E-state index in [-0.39, 0.29) is 11.9 Å². The molecule has 1 fully saturated rings. The zero-order valence-electron chi connectivity index (χ0n) is 11.9. The first-order chi connectivity index (χ1) is 10.1. The van der Waals surface area contributed by atoms with Crippen LogP contribution in [0.1, 0.15) is 35.9 Å². The number of carbonyl (C=O) groups is 1. The van der Waals surface area contributed by atoms with Crippen molar-refractivity contribution in [3.8, 4) is 0 Å². The third-order valence-corrected chi connectivity index (χ3v) is 4.23. The van der Waals surface area contributed by atoms with Gasteiger partial charge in [0, 0.05) is 17.6 Å². The van der Waals surface area contributed by atoms with Gasteiger partial charge < -0.3 is 9.42 Å². The highest BCUT2D eigenvalue weighted by molar-refractivity contribution is 6.31. The van der Waals surface area contributed by atoms with E-state index in [1.54, 1.807) is 0 Å². The van der Waals surface area contributed by atoms with Gasteiger partial charge in [-0.2, -0.15) is 0 Å². The molecule has 0 radical (unpaired) electrons. The Labute approximate surface area is 128 Å². The predicted molar refractivity (Wildman–Crippen MR) is 80.1 cm³/mol. The van der Waals surface area contributed by atoms with Crippen molar-refractivity contribution in [3.05, 3.63) is 52.4 Å². The highest BCUT2D eigenvalue weighted by Gasteiger charge is 2.32. The maximum atomic E-state index is 12.6. The van der Waals surface area contributed by atoms with E-state index in [1.807, 2.05) is 42.2 Å². The van der Waals surface area contributed by atoms with Gasteiger partial charge in [0.2, 0.25) is 5.91 Å². The van der Waals surface area contributed by atoms with Gasteiger partial charge >= 0.3 is 0 Å². The fourth-order valence-electron chi connectivity index (χ4n) is 2.82. The summed E-state index contributed by atoms with van der Waals surface area (Å²) < 4.78 is 5.13. The number of rotatable bonds is 3. The summed E-state index contributed by atoms with van der Waals surface area (Å²) in [5.41, 5.74) is 1.71. The first-order valence-corrected chi connectivity index (χ1v) is 7.49. The van der Waals surface area contributed by atoms with Gasteiger partial charge in [0.25, 0.3) is 0 Å². The topological polar surface area (TPSA) is 46.3 Å². The first-order valence-electron chi connectivity index (χ1n) is 7.11. The Kier molecular flexibility index (Phi) is 3.97. The highest BCUT2D eigenvalue weighted by Crippen LogP contribution is 2.32. The van der Waals surface area contributed by atoms with Crippen molar-refractivity contribution in [2.75, 3.05) is 6.54 Å². The average Bonchev–Trinajstić information content (AvgIpc) is 3.09. The molecular formula is C16H17ClN2O2. The Morgan fingerprint density at radius 3 is 3.00 bits per heavy atom. The number of halogens is 1. The molecule has 5 heteroatoms. The molecule has 0 saturated carbocycles. The zero-order chi connectivity index (χ0) is 14.8. The lowest BCUT2D eigenvalue weighted by atomic mass is 10.1. The minimum atomic E-state index is 0.0254. The molecule has 1 aliphatic heterocycles. The molecule has 0 unspecified atom stereocenters. The lowest BCUT2D eigenvalue weighted by molar-refractivity contribution is -0.131. The van der Waals surface area contributed by atoms with E-state index in [0.29, 0.717) is 11.4 Å². The molecule has 3 rings (SSSR count). The van der Waals surface area contributed by atoms with E-state index in [9.17, 15) is 4.79 Å². The molecular weight excluding hydrogens is 288 g/mol. The van der Waals surface area contributed by atoms with Gasteiger partial charge in [-0.25, -0.2) is 0 Å². The Bertz CT molecular complexity index is 653. The lowest BCUT2D eigenvalue weighted by Crippen LogP contribution is -2.32. The quantitative estimate of drug-likeness (QED) is 0.871. The predicted octanol–water partition coefficient (Wildman–Crippen LogP) is 3.54. The average molecular weight is 305 g/mol. The van der Waals surface area contributed by atoms with Crippen molar-refractivity contribution in [2.24, 2.45) is 0 Å². The van der Waals surface area contributed by atoms with Crippen LogP contribution in [0.2, 0.25) is 5.02 Å². The van der Waals surface area contributed by atoms with Crippen LogP contribution in [0, 0.1) is 6.92 Å². The van der Waals surface area contributed by atoms with Crippen LogP contribution in [0.25, 0.3) is 0 Å². The van der Waals surface area contributed by atoms with Crippen molar-refractivity contribution < 1.29 is 9.32 Å². The molecule has 0 bridgehead atoms. The number of amides is 1. The standard InChI is InChI=1S/C16H17ClN2O2/c1-11-9-14(18-21-11)15-7-4-8-19(15)16(20)10-12-5-2-3-6-13(12)17/h2-3,5-6,9,15H,4,7-8,10H2,1H3/t15-/m0/s1. The number of nitrogens with zero attached hydrogens (tertiary/aromatic N) is 2. The molecule has 21 heavy (non-hydrogen) atoms. The number of aryl methyl sites for hydroxylation is 1.